The number of thiol groups is 1. The van der Waals surface area contributed by atoms with Crippen LogP contribution in [0.15, 0.2) is 0 Å². The zero-order valence-electron chi connectivity index (χ0n) is 4.25. The predicted molar refractivity (Wildman–Crippen MR) is 39.6 cm³/mol. The van der Waals surface area contributed by atoms with E-state index in [2.05, 4.69) is 34.0 Å². The molecule has 0 saturated heterocycles. The van der Waals surface area contributed by atoms with Crippen LogP contribution >= 0.6 is 11.7 Å². The molecule has 0 aliphatic heterocycles. The van der Waals surface area contributed by atoms with Crippen molar-refractivity contribution in [1.29, 1.82) is 2.67 Å². The largest absolute Gasteiger partial charge is 0.200 e. The van der Waals surface area contributed by atoms with E-state index in [9.17, 15) is 0 Å². The molecule has 0 aliphatic rings. The Hall–Kier alpha value is 1.20. The summed E-state index contributed by atoms with van der Waals surface area (Å²) in [6.45, 7) is 0. The quantitative estimate of drug-likeness (QED) is 0.299. The average Bonchev–Trinajstić information content (AvgIpc) is 1.31. The van der Waals surface area contributed by atoms with Crippen LogP contribution in [0.3, 0.4) is 0 Å². The van der Waals surface area contributed by atoms with Crippen molar-refractivity contribution in [3.8, 4) is 0 Å². The summed E-state index contributed by atoms with van der Waals surface area (Å²) in [6, 6.07) is -2.05. The Kier molecular flexibility index (Phi) is 1.15. The molecule has 0 aromatic carbocycles. The first-order chi connectivity index (χ1) is 2.94. The van der Waals surface area contributed by atoms with E-state index >= 15 is 0 Å². The number of rotatable bonds is 1. The number of hydrogen-bond donors (Lipinski definition) is 1. The van der Waals surface area contributed by atoms with Crippen LogP contribution in [-0.2, 0) is 28.4 Å². The summed E-state index contributed by atoms with van der Waals surface area (Å²) < 4.78 is 13.3. The highest BCUT2D eigenvalue weighted by Gasteiger charge is 1.70. The lowest BCUT2D eigenvalue weighted by atomic mass is 10.8. The summed E-state index contributed by atoms with van der Waals surface area (Å²) >= 11 is 12.7. The monoisotopic (exact) mass is 145 g/mol. The van der Waals surface area contributed by atoms with Crippen molar-refractivity contribution in [3.05, 3.63) is 0 Å². The zero-order chi connectivity index (χ0) is 6.08. The van der Waals surface area contributed by atoms with E-state index in [-0.39, 0.29) is 0 Å². The van der Waals surface area contributed by atoms with E-state index in [1.54, 1.807) is 0 Å². The number of hydrogen-bond acceptors (Lipinski definition) is 2. The fraction of sp³-hybridized carbons (Fsp3) is 0. The van der Waals surface area contributed by atoms with Crippen molar-refractivity contribution in [2.45, 2.75) is 0 Å². The minimum atomic E-state index is -2.05. The Labute approximate surface area is 50.0 Å². The molecule has 0 radical (unpaired) electrons. The Morgan fingerprint density at radius 3 is 2.60 bits per heavy atom. The lowest BCUT2D eigenvalue weighted by Crippen LogP contribution is -1.73. The summed E-state index contributed by atoms with van der Waals surface area (Å²) in [7, 11) is -1.12. The lowest BCUT2D eigenvalue weighted by molar-refractivity contribution is 5.07. The van der Waals surface area contributed by atoms with Crippen LogP contribution < -0.4 is 0 Å². The van der Waals surface area contributed by atoms with Crippen LogP contribution in [0.25, 0.3) is 0 Å². The third kappa shape index (κ3) is 36.8. The zero-order valence-corrected chi connectivity index (χ0v) is 5.59. The van der Waals surface area contributed by atoms with Gasteiger partial charge in [-0.2, -0.15) is 0 Å². The minimum Gasteiger partial charge on any atom is -0.114 e. The third-order valence-corrected chi connectivity index (χ3v) is 0. The first kappa shape index (κ1) is 3.24. The molecule has 5 heteroatoms. The summed E-state index contributed by atoms with van der Waals surface area (Å²) in [6.07, 6.45) is 0. The second-order valence-electron chi connectivity index (χ2n) is 0.515. The van der Waals surface area contributed by atoms with Crippen LogP contribution in [0.4, 0.5) is 0 Å². The first-order valence-corrected chi connectivity index (χ1v) is 5.35. The minimum absolute atomic E-state index is 1.12. The summed E-state index contributed by atoms with van der Waals surface area (Å²) in [5, 5.41) is 0. The topological polar surface area (TPSA) is 0 Å². The van der Waals surface area contributed by atoms with Crippen molar-refractivity contribution in [1.82, 2.24) is 0 Å². The van der Waals surface area contributed by atoms with Crippen LogP contribution in [0, 0.1) is 0 Å². The van der Waals surface area contributed by atoms with Crippen LogP contribution in [0.2, 0.25) is 0 Å². The molecular formula is H3BS4. The second kappa shape index (κ2) is 1.77. The lowest BCUT2D eigenvalue weighted by Gasteiger charge is -1.77. The van der Waals surface area contributed by atoms with Gasteiger partial charge in [0.05, 0.1) is 0 Å². The van der Waals surface area contributed by atoms with Crippen molar-refractivity contribution in [3.63, 3.8) is 0 Å². The molecule has 0 spiro atoms. The molecular weight excluding hydrogens is 139 g/mol. The molecule has 0 amide bonds. The molecule has 30 valence electrons. The smallest absolute Gasteiger partial charge is 0.114 e. The summed E-state index contributed by atoms with van der Waals surface area (Å²) in [5.74, 6) is 0. The van der Waals surface area contributed by atoms with Gasteiger partial charge in [0.2, 0.25) is 7.05 Å². The molecule has 0 N–H and O–H groups in total. The highest BCUT2D eigenvalue weighted by molar-refractivity contribution is 9.00. The SMILES string of the molecule is [2H]B([3H])S(=S)(=S)S. The van der Waals surface area contributed by atoms with Gasteiger partial charge in [0.15, 0.2) is 0 Å². The Morgan fingerprint density at radius 1 is 2.40 bits per heavy atom. The molecule has 0 aliphatic carbocycles. The van der Waals surface area contributed by atoms with E-state index in [0.717, 1.165) is 0 Å². The van der Waals surface area contributed by atoms with Crippen molar-refractivity contribution < 1.29 is 0 Å². The first-order valence-electron chi connectivity index (χ1n) is 1.91. The molecule has 0 fully saturated rings. The van der Waals surface area contributed by atoms with Gasteiger partial charge in [0.25, 0.3) is 0 Å². The van der Waals surface area contributed by atoms with Gasteiger partial charge in [0, 0.05) is 0 Å². The molecule has 5 heavy (non-hydrogen) atoms. The van der Waals surface area contributed by atoms with Crippen LogP contribution in [-0.4, -0.2) is 9.72 Å². The maximum atomic E-state index is 6.65. The van der Waals surface area contributed by atoms with Crippen LogP contribution in [0.5, 0.6) is 0 Å². The van der Waals surface area contributed by atoms with E-state index < -0.39 is 13.1 Å². The van der Waals surface area contributed by atoms with Crippen molar-refractivity contribution in [2.24, 2.45) is 0 Å². The predicted octanol–water partition coefficient (Wildman–Crippen LogP) is -0.543. The molecule has 0 heterocycles. The van der Waals surface area contributed by atoms with E-state index in [0.29, 0.717) is 0 Å². The van der Waals surface area contributed by atoms with Gasteiger partial charge in [-0.15, -0.1) is 11.7 Å². The van der Waals surface area contributed by atoms with E-state index in [4.69, 9.17) is 2.67 Å². The summed E-state index contributed by atoms with van der Waals surface area (Å²) in [4.78, 5) is 0. The Bertz CT molecular complexity index is 132. The van der Waals surface area contributed by atoms with Crippen molar-refractivity contribution >= 4 is 47.1 Å². The standard InChI is InChI=1S/BH3S4/c1-5(2,3)4/h1H2,(H,2,3,4)/i1TD. The highest BCUT2D eigenvalue weighted by Crippen LogP contribution is 1.84. The Morgan fingerprint density at radius 2 is 2.60 bits per heavy atom. The van der Waals surface area contributed by atoms with E-state index in [1.807, 2.05) is 0 Å². The molecule has 0 aromatic rings. The van der Waals surface area contributed by atoms with Crippen molar-refractivity contribution in [2.75, 3.05) is 0 Å². The fourth-order valence-electron chi connectivity index (χ4n) is 0. The molecule has 0 bridgehead atoms. The average molecular weight is 145 g/mol. The van der Waals surface area contributed by atoms with Gasteiger partial charge in [-0.3, -0.25) is 0 Å². The normalized spacial score (nSPS) is 16.2. The third-order valence-electron chi connectivity index (χ3n) is 0. The van der Waals surface area contributed by atoms with Gasteiger partial charge < -0.3 is 0 Å². The van der Waals surface area contributed by atoms with E-state index in [1.165, 1.54) is 0 Å². The molecule has 0 aromatic heterocycles. The second-order valence-corrected chi connectivity index (χ2v) is 8.54. The van der Waals surface area contributed by atoms with Crippen LogP contribution in [0.1, 0.15) is 0 Å². The van der Waals surface area contributed by atoms with Gasteiger partial charge in [-0.25, -0.2) is 0 Å². The van der Waals surface area contributed by atoms with Gasteiger partial charge in [0.1, 0.15) is 0 Å². The molecule has 0 atom stereocenters. The maximum absolute atomic E-state index is 6.65. The molecule has 0 nitrogen and oxygen atoms in total. The summed E-state index contributed by atoms with van der Waals surface area (Å²) in [5.41, 5.74) is 0. The molecule has 0 rings (SSSR count). The Balaban J connectivity index is 4.10. The van der Waals surface area contributed by atoms with Gasteiger partial charge in [-0.1, -0.05) is 6.03 Å². The maximum Gasteiger partial charge on any atom is 0.200 e. The fourth-order valence-corrected chi connectivity index (χ4v) is 0. The highest BCUT2D eigenvalue weighted by atomic mass is 33.5. The van der Waals surface area contributed by atoms with Gasteiger partial charge in [-0.05, 0) is 25.0 Å². The molecule has 0 saturated carbocycles. The van der Waals surface area contributed by atoms with Gasteiger partial charge >= 0.3 is 0 Å². The molecule has 0 unspecified atom stereocenters.